The molecule has 0 saturated carbocycles. The van der Waals surface area contributed by atoms with Crippen molar-refractivity contribution in [3.8, 4) is 12.3 Å². The van der Waals surface area contributed by atoms with E-state index in [1.165, 1.54) is 5.56 Å². The lowest BCUT2D eigenvalue weighted by Crippen LogP contribution is -2.30. The van der Waals surface area contributed by atoms with Gasteiger partial charge in [-0.3, -0.25) is 5.32 Å². The molecule has 0 amide bonds. The first-order valence-corrected chi connectivity index (χ1v) is 6.02. The van der Waals surface area contributed by atoms with Crippen LogP contribution < -0.4 is 5.32 Å². The lowest BCUT2D eigenvalue weighted by Gasteiger charge is -2.19. The van der Waals surface area contributed by atoms with Crippen LogP contribution in [-0.2, 0) is 0 Å². The molecule has 2 atom stereocenters. The molecule has 0 fully saturated rings. The van der Waals surface area contributed by atoms with E-state index in [-0.39, 0.29) is 12.1 Å². The number of benzene rings is 1. The van der Waals surface area contributed by atoms with Crippen molar-refractivity contribution in [2.24, 2.45) is 0 Å². The van der Waals surface area contributed by atoms with Gasteiger partial charge in [0.1, 0.15) is 0 Å². The number of terminal acetylenes is 1. The predicted octanol–water partition coefficient (Wildman–Crippen LogP) is 3.79. The van der Waals surface area contributed by atoms with Crippen LogP contribution in [0.1, 0.15) is 38.3 Å². The molecule has 2 heteroatoms. The molecule has 86 valence electrons. The second-order valence-corrected chi connectivity index (χ2v) is 4.39. The summed E-state index contributed by atoms with van der Waals surface area (Å²) in [6, 6.07) is 8.23. The first-order chi connectivity index (χ1) is 7.67. The highest BCUT2D eigenvalue weighted by Crippen LogP contribution is 2.18. The summed E-state index contributed by atoms with van der Waals surface area (Å²) in [5.74, 6) is 2.77. The Morgan fingerprint density at radius 3 is 2.81 bits per heavy atom. The van der Waals surface area contributed by atoms with E-state index in [4.69, 9.17) is 18.0 Å². The van der Waals surface area contributed by atoms with Crippen LogP contribution in [0.5, 0.6) is 0 Å². The molecule has 0 aliphatic heterocycles. The molecule has 1 rings (SSSR count). The summed E-state index contributed by atoms with van der Waals surface area (Å²) in [7, 11) is 0. The molecule has 0 radical (unpaired) electrons. The van der Waals surface area contributed by atoms with Crippen molar-refractivity contribution in [1.82, 2.24) is 5.32 Å². The van der Waals surface area contributed by atoms with Crippen molar-refractivity contribution in [2.75, 3.05) is 0 Å². The summed E-state index contributed by atoms with van der Waals surface area (Å²) in [5.41, 5.74) is 1.17. The number of hydrogen-bond donors (Lipinski definition) is 1. The van der Waals surface area contributed by atoms with E-state index in [2.05, 4.69) is 31.2 Å². The van der Waals surface area contributed by atoms with Crippen molar-refractivity contribution < 1.29 is 0 Å². The molecule has 0 aliphatic rings. The van der Waals surface area contributed by atoms with E-state index in [1.807, 2.05) is 18.2 Å². The molecule has 1 nitrogen and oxygen atoms in total. The van der Waals surface area contributed by atoms with Crippen molar-refractivity contribution in [3.05, 3.63) is 34.9 Å². The zero-order valence-electron chi connectivity index (χ0n) is 9.83. The highest BCUT2D eigenvalue weighted by atomic mass is 35.5. The van der Waals surface area contributed by atoms with Gasteiger partial charge in [0.2, 0.25) is 0 Å². The molecule has 16 heavy (non-hydrogen) atoms. The normalized spacial score (nSPS) is 14.1. The van der Waals surface area contributed by atoms with Gasteiger partial charge in [-0.25, -0.2) is 0 Å². The zero-order chi connectivity index (χ0) is 12.0. The SMILES string of the molecule is C#CC(CCC)NC(C)c1cccc(Cl)c1. The van der Waals surface area contributed by atoms with Crippen LogP contribution in [-0.4, -0.2) is 6.04 Å². The third kappa shape index (κ3) is 3.89. The van der Waals surface area contributed by atoms with Crippen LogP contribution >= 0.6 is 11.6 Å². The minimum Gasteiger partial charge on any atom is -0.297 e. The monoisotopic (exact) mass is 235 g/mol. The number of rotatable bonds is 5. The molecular formula is C14H18ClN. The molecule has 0 heterocycles. The van der Waals surface area contributed by atoms with E-state index in [0.717, 1.165) is 17.9 Å². The number of hydrogen-bond acceptors (Lipinski definition) is 1. The zero-order valence-corrected chi connectivity index (χ0v) is 10.6. The van der Waals surface area contributed by atoms with Crippen LogP contribution in [0.15, 0.2) is 24.3 Å². The average Bonchev–Trinajstić information content (AvgIpc) is 2.28. The second kappa shape index (κ2) is 6.58. The molecule has 0 bridgehead atoms. The van der Waals surface area contributed by atoms with Gasteiger partial charge in [0, 0.05) is 11.1 Å². The summed E-state index contributed by atoms with van der Waals surface area (Å²) >= 11 is 5.95. The van der Waals surface area contributed by atoms with Gasteiger partial charge >= 0.3 is 0 Å². The van der Waals surface area contributed by atoms with Gasteiger partial charge in [0.05, 0.1) is 6.04 Å². The Kier molecular flexibility index (Phi) is 5.38. The number of halogens is 1. The molecule has 0 spiro atoms. The third-order valence-electron chi connectivity index (χ3n) is 2.58. The summed E-state index contributed by atoms with van der Waals surface area (Å²) in [6.45, 7) is 4.24. The van der Waals surface area contributed by atoms with E-state index in [0.29, 0.717) is 0 Å². The minimum absolute atomic E-state index is 0.138. The van der Waals surface area contributed by atoms with Gasteiger partial charge in [-0.15, -0.1) is 6.42 Å². The topological polar surface area (TPSA) is 12.0 Å². The van der Waals surface area contributed by atoms with E-state index >= 15 is 0 Å². The van der Waals surface area contributed by atoms with Crippen molar-refractivity contribution >= 4 is 11.6 Å². The lowest BCUT2D eigenvalue weighted by atomic mass is 10.1. The lowest BCUT2D eigenvalue weighted by molar-refractivity contribution is 0.495. The second-order valence-electron chi connectivity index (χ2n) is 3.95. The Morgan fingerprint density at radius 1 is 1.50 bits per heavy atom. The minimum atomic E-state index is 0.138. The molecule has 0 aromatic heterocycles. The standard InChI is InChI=1S/C14H18ClN/c1-4-7-14(5-2)16-11(3)12-8-6-9-13(15)10-12/h2,6,8-11,14,16H,4,7H2,1,3H3. The fourth-order valence-electron chi connectivity index (χ4n) is 1.68. The molecule has 0 saturated heterocycles. The van der Waals surface area contributed by atoms with Crippen LogP contribution in [0.25, 0.3) is 0 Å². The van der Waals surface area contributed by atoms with E-state index in [1.54, 1.807) is 0 Å². The van der Waals surface area contributed by atoms with Crippen LogP contribution in [0.2, 0.25) is 5.02 Å². The highest BCUT2D eigenvalue weighted by Gasteiger charge is 2.10. The van der Waals surface area contributed by atoms with Crippen LogP contribution in [0.3, 0.4) is 0 Å². The smallest absolute Gasteiger partial charge is 0.0691 e. The van der Waals surface area contributed by atoms with Gasteiger partial charge in [-0.2, -0.15) is 0 Å². The fraction of sp³-hybridized carbons (Fsp3) is 0.429. The molecule has 1 N–H and O–H groups in total. The maximum absolute atomic E-state index is 5.95. The fourth-order valence-corrected chi connectivity index (χ4v) is 1.88. The predicted molar refractivity (Wildman–Crippen MR) is 70.5 cm³/mol. The molecule has 0 aliphatic carbocycles. The van der Waals surface area contributed by atoms with Gasteiger partial charge in [-0.1, -0.05) is 43.0 Å². The summed E-state index contributed by atoms with van der Waals surface area (Å²) in [4.78, 5) is 0. The maximum atomic E-state index is 5.95. The van der Waals surface area contributed by atoms with Gasteiger partial charge in [0.15, 0.2) is 0 Å². The van der Waals surface area contributed by atoms with Crippen molar-refractivity contribution in [3.63, 3.8) is 0 Å². The first-order valence-electron chi connectivity index (χ1n) is 5.65. The molecule has 1 aromatic carbocycles. The Balaban J connectivity index is 2.64. The Morgan fingerprint density at radius 2 is 2.25 bits per heavy atom. The number of nitrogens with one attached hydrogen (secondary N) is 1. The van der Waals surface area contributed by atoms with Crippen molar-refractivity contribution in [2.45, 2.75) is 38.8 Å². The maximum Gasteiger partial charge on any atom is 0.0691 e. The van der Waals surface area contributed by atoms with Crippen LogP contribution in [0, 0.1) is 12.3 Å². The van der Waals surface area contributed by atoms with Gasteiger partial charge in [0.25, 0.3) is 0 Å². The van der Waals surface area contributed by atoms with E-state index < -0.39 is 0 Å². The highest BCUT2D eigenvalue weighted by molar-refractivity contribution is 6.30. The largest absolute Gasteiger partial charge is 0.297 e. The average molecular weight is 236 g/mol. The third-order valence-corrected chi connectivity index (χ3v) is 2.81. The quantitative estimate of drug-likeness (QED) is 0.766. The molecular weight excluding hydrogens is 218 g/mol. The Labute approximate surface area is 103 Å². The Hall–Kier alpha value is -0.970. The summed E-state index contributed by atoms with van der Waals surface area (Å²) < 4.78 is 0. The Bertz CT molecular complexity index is 367. The first kappa shape index (κ1) is 13.1. The molecule has 1 aromatic rings. The van der Waals surface area contributed by atoms with Crippen LogP contribution in [0.4, 0.5) is 0 Å². The van der Waals surface area contributed by atoms with Crippen molar-refractivity contribution in [1.29, 1.82) is 0 Å². The summed E-state index contributed by atoms with van der Waals surface area (Å²) in [6.07, 6.45) is 7.57. The van der Waals surface area contributed by atoms with E-state index in [9.17, 15) is 0 Å². The van der Waals surface area contributed by atoms with Gasteiger partial charge < -0.3 is 0 Å². The van der Waals surface area contributed by atoms with Gasteiger partial charge in [-0.05, 0) is 31.0 Å². The molecule has 2 unspecified atom stereocenters. The summed E-state index contributed by atoms with van der Waals surface area (Å²) in [5, 5.41) is 4.18.